The highest BCUT2D eigenvalue weighted by molar-refractivity contribution is 14.1. The summed E-state index contributed by atoms with van der Waals surface area (Å²) in [5.74, 6) is 0. The van der Waals surface area contributed by atoms with Crippen molar-refractivity contribution in [1.29, 1.82) is 0 Å². The first-order valence-electron chi connectivity index (χ1n) is 5.46. The van der Waals surface area contributed by atoms with Gasteiger partial charge in [-0.2, -0.15) is 0 Å². The molecule has 0 saturated carbocycles. The van der Waals surface area contributed by atoms with E-state index in [-0.39, 0.29) is 0 Å². The number of halogens is 1. The number of pyridine rings is 1. The fourth-order valence-electron chi connectivity index (χ4n) is 1.77. The third kappa shape index (κ3) is 3.26. The van der Waals surface area contributed by atoms with Crippen molar-refractivity contribution in [2.24, 2.45) is 0 Å². The lowest BCUT2D eigenvalue weighted by atomic mass is 9.91. The SMILES string of the molecule is CC(O)(Cc1ccccn1)c1ccc(I)cc1. The molecule has 0 fully saturated rings. The van der Waals surface area contributed by atoms with Crippen LogP contribution in [-0.4, -0.2) is 10.1 Å². The van der Waals surface area contributed by atoms with Crippen LogP contribution in [0.1, 0.15) is 18.2 Å². The molecular weight excluding hydrogens is 325 g/mol. The van der Waals surface area contributed by atoms with Gasteiger partial charge in [-0.3, -0.25) is 4.98 Å². The molecule has 1 atom stereocenters. The van der Waals surface area contributed by atoms with Gasteiger partial charge in [0.2, 0.25) is 0 Å². The normalized spacial score (nSPS) is 14.3. The molecule has 0 aliphatic carbocycles. The number of benzene rings is 1. The maximum Gasteiger partial charge on any atom is 0.0923 e. The zero-order valence-electron chi connectivity index (χ0n) is 9.60. The lowest BCUT2D eigenvalue weighted by molar-refractivity contribution is 0.0566. The maximum atomic E-state index is 10.5. The van der Waals surface area contributed by atoms with Crippen LogP contribution in [0.2, 0.25) is 0 Å². The molecule has 0 radical (unpaired) electrons. The molecule has 0 spiro atoms. The van der Waals surface area contributed by atoms with Crippen LogP contribution in [0.15, 0.2) is 48.7 Å². The number of hydrogen-bond acceptors (Lipinski definition) is 2. The largest absolute Gasteiger partial charge is 0.385 e. The summed E-state index contributed by atoms with van der Waals surface area (Å²) < 4.78 is 1.17. The van der Waals surface area contributed by atoms with E-state index < -0.39 is 5.60 Å². The van der Waals surface area contributed by atoms with Crippen LogP contribution in [0.25, 0.3) is 0 Å². The standard InChI is InChI=1S/C14H14INO/c1-14(17,10-13-4-2-3-9-16-13)11-5-7-12(15)8-6-11/h2-9,17H,10H2,1H3. The number of aromatic nitrogens is 1. The van der Waals surface area contributed by atoms with Crippen molar-refractivity contribution in [2.45, 2.75) is 18.9 Å². The van der Waals surface area contributed by atoms with E-state index in [2.05, 4.69) is 27.6 Å². The average molecular weight is 339 g/mol. The van der Waals surface area contributed by atoms with Gasteiger partial charge in [0.05, 0.1) is 5.60 Å². The monoisotopic (exact) mass is 339 g/mol. The summed E-state index contributed by atoms with van der Waals surface area (Å²) in [6, 6.07) is 13.7. The van der Waals surface area contributed by atoms with Gasteiger partial charge in [0, 0.05) is 21.9 Å². The Morgan fingerprint density at radius 3 is 2.47 bits per heavy atom. The summed E-state index contributed by atoms with van der Waals surface area (Å²) in [4.78, 5) is 4.25. The van der Waals surface area contributed by atoms with Gasteiger partial charge in [0.25, 0.3) is 0 Å². The highest BCUT2D eigenvalue weighted by atomic mass is 127. The minimum absolute atomic E-state index is 0.522. The summed E-state index contributed by atoms with van der Waals surface area (Å²) in [5, 5.41) is 10.5. The summed E-state index contributed by atoms with van der Waals surface area (Å²) >= 11 is 2.25. The van der Waals surface area contributed by atoms with Crippen LogP contribution in [0.5, 0.6) is 0 Å². The van der Waals surface area contributed by atoms with Crippen LogP contribution in [0, 0.1) is 3.57 Å². The molecule has 0 amide bonds. The maximum absolute atomic E-state index is 10.5. The number of rotatable bonds is 3. The topological polar surface area (TPSA) is 33.1 Å². The second-order valence-electron chi connectivity index (χ2n) is 4.28. The van der Waals surface area contributed by atoms with E-state index in [1.54, 1.807) is 6.20 Å². The lowest BCUT2D eigenvalue weighted by Gasteiger charge is -2.23. The predicted molar refractivity (Wildman–Crippen MR) is 76.7 cm³/mol. The van der Waals surface area contributed by atoms with E-state index in [1.807, 2.05) is 49.4 Å². The van der Waals surface area contributed by atoms with Crippen LogP contribution >= 0.6 is 22.6 Å². The highest BCUT2D eigenvalue weighted by Crippen LogP contribution is 2.25. The van der Waals surface area contributed by atoms with Gasteiger partial charge in [-0.05, 0) is 59.3 Å². The van der Waals surface area contributed by atoms with Crippen molar-refractivity contribution in [1.82, 2.24) is 4.98 Å². The first-order valence-corrected chi connectivity index (χ1v) is 6.54. The fourth-order valence-corrected chi connectivity index (χ4v) is 2.13. The van der Waals surface area contributed by atoms with Crippen molar-refractivity contribution in [3.63, 3.8) is 0 Å². The summed E-state index contributed by atoms with van der Waals surface area (Å²) in [7, 11) is 0. The first kappa shape index (κ1) is 12.5. The van der Waals surface area contributed by atoms with E-state index in [1.165, 1.54) is 3.57 Å². The van der Waals surface area contributed by atoms with E-state index in [0.717, 1.165) is 11.3 Å². The molecule has 88 valence electrons. The predicted octanol–water partition coefficient (Wildman–Crippen LogP) is 3.14. The zero-order chi connectivity index (χ0) is 12.3. The van der Waals surface area contributed by atoms with Gasteiger partial charge in [-0.1, -0.05) is 18.2 Å². The molecule has 3 heteroatoms. The molecule has 1 aromatic carbocycles. The lowest BCUT2D eigenvalue weighted by Crippen LogP contribution is -2.24. The Bertz CT molecular complexity index is 479. The third-order valence-electron chi connectivity index (χ3n) is 2.72. The number of nitrogens with zero attached hydrogens (tertiary/aromatic N) is 1. The van der Waals surface area contributed by atoms with Gasteiger partial charge < -0.3 is 5.11 Å². The highest BCUT2D eigenvalue weighted by Gasteiger charge is 2.23. The Morgan fingerprint density at radius 1 is 1.18 bits per heavy atom. The second-order valence-corrected chi connectivity index (χ2v) is 5.52. The molecule has 17 heavy (non-hydrogen) atoms. The van der Waals surface area contributed by atoms with Crippen molar-refractivity contribution in [2.75, 3.05) is 0 Å². The van der Waals surface area contributed by atoms with Gasteiger partial charge in [0.15, 0.2) is 0 Å². The van der Waals surface area contributed by atoms with E-state index in [9.17, 15) is 5.11 Å². The quantitative estimate of drug-likeness (QED) is 0.872. The smallest absolute Gasteiger partial charge is 0.0923 e. The van der Waals surface area contributed by atoms with Gasteiger partial charge in [-0.25, -0.2) is 0 Å². The van der Waals surface area contributed by atoms with E-state index >= 15 is 0 Å². The zero-order valence-corrected chi connectivity index (χ0v) is 11.8. The van der Waals surface area contributed by atoms with Crippen LogP contribution < -0.4 is 0 Å². The minimum Gasteiger partial charge on any atom is -0.385 e. The molecule has 1 N–H and O–H groups in total. The average Bonchev–Trinajstić information content (AvgIpc) is 2.30. The molecule has 2 rings (SSSR count). The Balaban J connectivity index is 2.21. The van der Waals surface area contributed by atoms with E-state index in [4.69, 9.17) is 0 Å². The number of hydrogen-bond donors (Lipinski definition) is 1. The Kier molecular flexibility index (Phi) is 3.79. The van der Waals surface area contributed by atoms with E-state index in [0.29, 0.717) is 6.42 Å². The Morgan fingerprint density at radius 2 is 1.88 bits per heavy atom. The molecule has 0 bridgehead atoms. The first-order chi connectivity index (χ1) is 8.08. The van der Waals surface area contributed by atoms with Crippen LogP contribution in [-0.2, 0) is 12.0 Å². The molecule has 2 nitrogen and oxygen atoms in total. The van der Waals surface area contributed by atoms with Crippen molar-refractivity contribution in [3.8, 4) is 0 Å². The van der Waals surface area contributed by atoms with Crippen molar-refractivity contribution < 1.29 is 5.11 Å². The van der Waals surface area contributed by atoms with Gasteiger partial charge >= 0.3 is 0 Å². The van der Waals surface area contributed by atoms with Crippen molar-refractivity contribution >= 4 is 22.6 Å². The van der Waals surface area contributed by atoms with Crippen molar-refractivity contribution in [3.05, 3.63) is 63.5 Å². The van der Waals surface area contributed by atoms with Crippen LogP contribution in [0.4, 0.5) is 0 Å². The molecule has 0 aliphatic heterocycles. The Hall–Kier alpha value is -0.940. The van der Waals surface area contributed by atoms with Crippen LogP contribution in [0.3, 0.4) is 0 Å². The van der Waals surface area contributed by atoms with Gasteiger partial charge in [-0.15, -0.1) is 0 Å². The molecule has 0 saturated heterocycles. The minimum atomic E-state index is -0.876. The number of aliphatic hydroxyl groups is 1. The second kappa shape index (κ2) is 5.14. The summed E-state index contributed by atoms with van der Waals surface area (Å²) in [6.45, 7) is 1.82. The molecule has 2 aromatic rings. The Labute approximate surface area is 115 Å². The summed E-state index contributed by atoms with van der Waals surface area (Å²) in [6.07, 6.45) is 2.27. The molecule has 0 aliphatic rings. The fraction of sp³-hybridized carbons (Fsp3) is 0.214. The summed E-state index contributed by atoms with van der Waals surface area (Å²) in [5.41, 5.74) is 0.943. The third-order valence-corrected chi connectivity index (χ3v) is 3.44. The van der Waals surface area contributed by atoms with Gasteiger partial charge in [0.1, 0.15) is 0 Å². The molecule has 1 unspecified atom stereocenters. The molecule has 1 heterocycles. The molecule has 1 aromatic heterocycles. The molecular formula is C14H14INO.